The third kappa shape index (κ3) is 3.64. The Morgan fingerprint density at radius 2 is 1.82 bits per heavy atom. The van der Waals surface area contributed by atoms with E-state index in [0.717, 1.165) is 37.9 Å². The molecule has 2 heterocycles. The minimum atomic E-state index is 0.194. The molecule has 22 heavy (non-hydrogen) atoms. The zero-order chi connectivity index (χ0) is 15.4. The second-order valence-corrected chi connectivity index (χ2v) is 6.82. The number of hydrogen-bond donors (Lipinski definition) is 0. The Morgan fingerprint density at radius 3 is 2.50 bits per heavy atom. The van der Waals surface area contributed by atoms with E-state index in [1.165, 1.54) is 31.5 Å². The van der Waals surface area contributed by atoms with E-state index in [1.807, 2.05) is 24.3 Å². The number of benzene rings is 1. The number of nitrogens with zero attached hydrogens (tertiary/aromatic N) is 2. The number of hydrogen-bond acceptors (Lipinski definition) is 2. The molecule has 0 saturated carbocycles. The molecule has 0 spiro atoms. The van der Waals surface area contributed by atoms with Crippen LogP contribution < -0.4 is 0 Å². The summed E-state index contributed by atoms with van der Waals surface area (Å²) in [4.78, 5) is 17.4. The smallest absolute Gasteiger partial charge is 0.254 e. The molecular weight excluding hydrogens is 296 g/mol. The van der Waals surface area contributed by atoms with Crippen LogP contribution in [0.15, 0.2) is 24.3 Å². The van der Waals surface area contributed by atoms with Gasteiger partial charge in [0.2, 0.25) is 0 Å². The highest BCUT2D eigenvalue weighted by Crippen LogP contribution is 2.22. The van der Waals surface area contributed by atoms with E-state index in [1.54, 1.807) is 0 Å². The Labute approximate surface area is 138 Å². The lowest BCUT2D eigenvalue weighted by Crippen LogP contribution is -2.42. The van der Waals surface area contributed by atoms with Crippen molar-refractivity contribution in [1.29, 1.82) is 0 Å². The average Bonchev–Trinajstić information content (AvgIpc) is 3.20. The second-order valence-electron chi connectivity index (χ2n) is 6.44. The van der Waals surface area contributed by atoms with E-state index in [2.05, 4.69) is 9.80 Å². The first-order valence-corrected chi connectivity index (χ1v) is 8.99. The number of rotatable bonds is 5. The van der Waals surface area contributed by atoms with Gasteiger partial charge in [0.1, 0.15) is 0 Å². The van der Waals surface area contributed by atoms with Gasteiger partial charge >= 0.3 is 0 Å². The number of alkyl halides is 1. The molecule has 2 saturated heterocycles. The van der Waals surface area contributed by atoms with Gasteiger partial charge in [-0.3, -0.25) is 4.79 Å². The molecule has 2 fully saturated rings. The first kappa shape index (κ1) is 15.8. The third-order valence-electron chi connectivity index (χ3n) is 4.89. The molecule has 2 aliphatic heterocycles. The number of carbonyl (C=O) groups is 1. The first-order chi connectivity index (χ1) is 10.8. The van der Waals surface area contributed by atoms with Gasteiger partial charge in [0.05, 0.1) is 0 Å². The number of likely N-dealkylation sites (tertiary alicyclic amines) is 2. The minimum absolute atomic E-state index is 0.194. The lowest BCUT2D eigenvalue weighted by molar-refractivity contribution is 0.0709. The SMILES string of the molecule is O=C(c1ccc(CCCl)cc1)N1CCCC1CN1CCCC1. The fourth-order valence-corrected chi connectivity index (χ4v) is 3.86. The van der Waals surface area contributed by atoms with Gasteiger partial charge in [-0.05, 0) is 62.9 Å². The first-order valence-electron chi connectivity index (χ1n) is 8.46. The van der Waals surface area contributed by atoms with E-state index in [4.69, 9.17) is 11.6 Å². The maximum absolute atomic E-state index is 12.8. The minimum Gasteiger partial charge on any atom is -0.334 e. The van der Waals surface area contributed by atoms with Crippen LogP contribution in [0.3, 0.4) is 0 Å². The van der Waals surface area contributed by atoms with Crippen LogP contribution in [-0.4, -0.2) is 53.8 Å². The van der Waals surface area contributed by atoms with Gasteiger partial charge in [0.15, 0.2) is 0 Å². The molecule has 3 nitrogen and oxygen atoms in total. The molecule has 0 aliphatic carbocycles. The van der Waals surface area contributed by atoms with Gasteiger partial charge in [0.25, 0.3) is 5.91 Å². The largest absolute Gasteiger partial charge is 0.334 e. The summed E-state index contributed by atoms with van der Waals surface area (Å²) in [5.74, 6) is 0.816. The highest BCUT2D eigenvalue weighted by atomic mass is 35.5. The molecule has 1 aromatic carbocycles. The Hall–Kier alpha value is -1.06. The van der Waals surface area contributed by atoms with Crippen LogP contribution in [-0.2, 0) is 6.42 Å². The van der Waals surface area contributed by atoms with E-state index in [9.17, 15) is 4.79 Å². The Balaban J connectivity index is 1.64. The van der Waals surface area contributed by atoms with Crippen LogP contribution in [0, 0.1) is 0 Å². The molecule has 120 valence electrons. The summed E-state index contributed by atoms with van der Waals surface area (Å²) in [6, 6.07) is 8.36. The Morgan fingerprint density at radius 1 is 1.09 bits per heavy atom. The van der Waals surface area contributed by atoms with Crippen molar-refractivity contribution < 1.29 is 4.79 Å². The third-order valence-corrected chi connectivity index (χ3v) is 5.08. The topological polar surface area (TPSA) is 23.6 Å². The molecular formula is C18H25ClN2O. The molecule has 0 bridgehead atoms. The fraction of sp³-hybridized carbons (Fsp3) is 0.611. The van der Waals surface area contributed by atoms with Crippen molar-refractivity contribution in [1.82, 2.24) is 9.80 Å². The highest BCUT2D eigenvalue weighted by Gasteiger charge is 2.31. The van der Waals surface area contributed by atoms with Gasteiger partial charge in [-0.25, -0.2) is 0 Å². The van der Waals surface area contributed by atoms with Crippen molar-refractivity contribution in [2.75, 3.05) is 32.1 Å². The van der Waals surface area contributed by atoms with Crippen molar-refractivity contribution in [2.45, 2.75) is 38.1 Å². The summed E-state index contributed by atoms with van der Waals surface area (Å²) in [5, 5.41) is 0. The zero-order valence-electron chi connectivity index (χ0n) is 13.1. The van der Waals surface area contributed by atoms with E-state index >= 15 is 0 Å². The highest BCUT2D eigenvalue weighted by molar-refractivity contribution is 6.18. The molecule has 1 atom stereocenters. The van der Waals surface area contributed by atoms with Crippen molar-refractivity contribution in [3.8, 4) is 0 Å². The molecule has 3 rings (SSSR count). The molecule has 1 unspecified atom stereocenters. The van der Waals surface area contributed by atoms with E-state index in [0.29, 0.717) is 11.9 Å². The van der Waals surface area contributed by atoms with E-state index in [-0.39, 0.29) is 5.91 Å². The number of amides is 1. The summed E-state index contributed by atoms with van der Waals surface area (Å²) < 4.78 is 0. The van der Waals surface area contributed by atoms with Crippen molar-refractivity contribution in [2.24, 2.45) is 0 Å². The van der Waals surface area contributed by atoms with Crippen LogP contribution >= 0.6 is 11.6 Å². The monoisotopic (exact) mass is 320 g/mol. The number of halogens is 1. The van der Waals surface area contributed by atoms with Crippen LogP contribution in [0.1, 0.15) is 41.6 Å². The molecule has 1 aromatic rings. The Bertz CT molecular complexity index is 496. The van der Waals surface area contributed by atoms with Gasteiger partial charge in [-0.1, -0.05) is 12.1 Å². The van der Waals surface area contributed by atoms with Crippen LogP contribution in [0.2, 0.25) is 0 Å². The molecule has 0 N–H and O–H groups in total. The molecule has 2 aliphatic rings. The zero-order valence-corrected chi connectivity index (χ0v) is 13.9. The van der Waals surface area contributed by atoms with Gasteiger partial charge in [-0.15, -0.1) is 11.6 Å². The summed E-state index contributed by atoms with van der Waals surface area (Å²) in [6.07, 6.45) is 5.75. The average molecular weight is 321 g/mol. The Kier molecular flexibility index (Phi) is 5.37. The summed E-state index contributed by atoms with van der Waals surface area (Å²) >= 11 is 5.76. The quantitative estimate of drug-likeness (QED) is 0.778. The number of aryl methyl sites for hydroxylation is 1. The normalized spacial score (nSPS) is 22.4. The maximum atomic E-state index is 12.8. The molecule has 4 heteroatoms. The van der Waals surface area contributed by atoms with Gasteiger partial charge in [-0.2, -0.15) is 0 Å². The lowest BCUT2D eigenvalue weighted by atomic mass is 10.1. The van der Waals surface area contributed by atoms with Crippen LogP contribution in [0.4, 0.5) is 0 Å². The summed E-state index contributed by atoms with van der Waals surface area (Å²) in [5.41, 5.74) is 2.01. The molecule has 0 radical (unpaired) electrons. The fourth-order valence-electron chi connectivity index (χ4n) is 3.65. The molecule has 1 amide bonds. The van der Waals surface area contributed by atoms with Crippen molar-refractivity contribution >= 4 is 17.5 Å². The van der Waals surface area contributed by atoms with Crippen LogP contribution in [0.25, 0.3) is 0 Å². The summed E-state index contributed by atoms with van der Waals surface area (Å²) in [7, 11) is 0. The number of carbonyl (C=O) groups excluding carboxylic acids is 1. The lowest BCUT2D eigenvalue weighted by Gasteiger charge is -2.28. The van der Waals surface area contributed by atoms with Gasteiger partial charge in [0, 0.05) is 30.6 Å². The standard InChI is InChI=1S/C18H25ClN2O/c19-10-9-15-5-7-16(8-6-15)18(22)21-13-3-4-17(21)14-20-11-1-2-12-20/h5-8,17H,1-4,9-14H2. The van der Waals surface area contributed by atoms with Crippen LogP contribution in [0.5, 0.6) is 0 Å². The summed E-state index contributed by atoms with van der Waals surface area (Å²) in [6.45, 7) is 4.36. The van der Waals surface area contributed by atoms with E-state index < -0.39 is 0 Å². The molecule has 0 aromatic heterocycles. The second kappa shape index (κ2) is 7.47. The predicted molar refractivity (Wildman–Crippen MR) is 90.6 cm³/mol. The van der Waals surface area contributed by atoms with Crippen molar-refractivity contribution in [3.63, 3.8) is 0 Å². The van der Waals surface area contributed by atoms with Crippen molar-refractivity contribution in [3.05, 3.63) is 35.4 Å². The maximum Gasteiger partial charge on any atom is 0.254 e. The van der Waals surface area contributed by atoms with Gasteiger partial charge < -0.3 is 9.80 Å². The predicted octanol–water partition coefficient (Wildman–Crippen LogP) is 3.17.